The standard InChI is InChI=1S/C8H18N2/c1-7(10(2)3)8-4-5-9-6-8/h7-9H,4-6H2,1-3H3/t7?,8-/m1/s1. The van der Waals surface area contributed by atoms with Crippen LogP contribution in [0.2, 0.25) is 0 Å². The summed E-state index contributed by atoms with van der Waals surface area (Å²) in [6.45, 7) is 4.72. The van der Waals surface area contributed by atoms with Crippen LogP contribution < -0.4 is 5.32 Å². The van der Waals surface area contributed by atoms with E-state index in [9.17, 15) is 0 Å². The lowest BCUT2D eigenvalue weighted by Gasteiger charge is -2.25. The monoisotopic (exact) mass is 142 g/mol. The van der Waals surface area contributed by atoms with E-state index in [0.29, 0.717) is 0 Å². The third kappa shape index (κ3) is 1.70. The predicted molar refractivity (Wildman–Crippen MR) is 44.1 cm³/mol. The Kier molecular flexibility index (Phi) is 2.69. The van der Waals surface area contributed by atoms with Gasteiger partial charge in [-0.2, -0.15) is 0 Å². The third-order valence-corrected chi connectivity index (χ3v) is 2.60. The molecule has 2 atom stereocenters. The van der Waals surface area contributed by atoms with E-state index < -0.39 is 0 Å². The highest BCUT2D eigenvalue weighted by Gasteiger charge is 2.21. The van der Waals surface area contributed by atoms with Gasteiger partial charge >= 0.3 is 0 Å². The Morgan fingerprint density at radius 1 is 1.50 bits per heavy atom. The van der Waals surface area contributed by atoms with Gasteiger partial charge in [-0.05, 0) is 46.4 Å². The lowest BCUT2D eigenvalue weighted by atomic mass is 10.00. The summed E-state index contributed by atoms with van der Waals surface area (Å²) in [5.41, 5.74) is 0. The SMILES string of the molecule is CC([C@@H]1CCNC1)N(C)C. The van der Waals surface area contributed by atoms with E-state index in [2.05, 4.69) is 31.2 Å². The average Bonchev–Trinajstić information content (AvgIpc) is 2.36. The van der Waals surface area contributed by atoms with Crippen LogP contribution in [-0.4, -0.2) is 38.1 Å². The molecule has 0 radical (unpaired) electrons. The molecule has 0 amide bonds. The van der Waals surface area contributed by atoms with Crippen molar-refractivity contribution >= 4 is 0 Å². The molecule has 1 heterocycles. The van der Waals surface area contributed by atoms with Crippen molar-refractivity contribution in [2.24, 2.45) is 5.92 Å². The summed E-state index contributed by atoms with van der Waals surface area (Å²) < 4.78 is 0. The first-order chi connectivity index (χ1) is 4.72. The topological polar surface area (TPSA) is 15.3 Å². The van der Waals surface area contributed by atoms with E-state index in [4.69, 9.17) is 0 Å². The molecule has 60 valence electrons. The summed E-state index contributed by atoms with van der Waals surface area (Å²) in [5, 5.41) is 3.38. The summed E-state index contributed by atoms with van der Waals surface area (Å²) in [5.74, 6) is 0.870. The van der Waals surface area contributed by atoms with Gasteiger partial charge in [-0.3, -0.25) is 0 Å². The largest absolute Gasteiger partial charge is 0.316 e. The minimum atomic E-state index is 0.731. The minimum absolute atomic E-state index is 0.731. The Hall–Kier alpha value is -0.0800. The zero-order valence-corrected chi connectivity index (χ0v) is 7.22. The lowest BCUT2D eigenvalue weighted by molar-refractivity contribution is 0.238. The zero-order chi connectivity index (χ0) is 7.56. The van der Waals surface area contributed by atoms with Gasteiger partial charge in [-0.15, -0.1) is 0 Å². The predicted octanol–water partition coefficient (Wildman–Crippen LogP) is 0.546. The first-order valence-corrected chi connectivity index (χ1v) is 4.09. The number of rotatable bonds is 2. The second-order valence-electron chi connectivity index (χ2n) is 3.46. The molecule has 0 bridgehead atoms. The number of nitrogens with one attached hydrogen (secondary N) is 1. The van der Waals surface area contributed by atoms with Gasteiger partial charge in [0.1, 0.15) is 0 Å². The Labute approximate surface area is 63.6 Å². The Morgan fingerprint density at radius 2 is 2.20 bits per heavy atom. The summed E-state index contributed by atoms with van der Waals surface area (Å²) in [7, 11) is 4.31. The van der Waals surface area contributed by atoms with Gasteiger partial charge in [-0.25, -0.2) is 0 Å². The fourth-order valence-corrected chi connectivity index (χ4v) is 1.51. The summed E-state index contributed by atoms with van der Waals surface area (Å²) in [4.78, 5) is 2.30. The van der Waals surface area contributed by atoms with E-state index in [0.717, 1.165) is 12.0 Å². The third-order valence-electron chi connectivity index (χ3n) is 2.60. The Morgan fingerprint density at radius 3 is 2.60 bits per heavy atom. The quantitative estimate of drug-likeness (QED) is 0.605. The van der Waals surface area contributed by atoms with Crippen LogP contribution in [-0.2, 0) is 0 Å². The van der Waals surface area contributed by atoms with Crippen LogP contribution in [0, 0.1) is 5.92 Å². The van der Waals surface area contributed by atoms with Crippen LogP contribution in [0.5, 0.6) is 0 Å². The summed E-state index contributed by atoms with van der Waals surface area (Å²) in [6, 6.07) is 0.731. The van der Waals surface area contributed by atoms with Gasteiger partial charge < -0.3 is 10.2 Å². The van der Waals surface area contributed by atoms with E-state index >= 15 is 0 Å². The minimum Gasteiger partial charge on any atom is -0.316 e. The second kappa shape index (κ2) is 3.35. The van der Waals surface area contributed by atoms with Crippen molar-refractivity contribution in [3.8, 4) is 0 Å². The molecule has 1 N–H and O–H groups in total. The normalized spacial score (nSPS) is 29.4. The van der Waals surface area contributed by atoms with E-state index in [1.807, 2.05) is 0 Å². The van der Waals surface area contributed by atoms with Gasteiger partial charge in [0, 0.05) is 6.04 Å². The molecule has 1 rings (SSSR count). The van der Waals surface area contributed by atoms with E-state index in [1.54, 1.807) is 0 Å². The maximum atomic E-state index is 3.38. The first-order valence-electron chi connectivity index (χ1n) is 4.09. The molecule has 1 unspecified atom stereocenters. The van der Waals surface area contributed by atoms with Crippen LogP contribution >= 0.6 is 0 Å². The maximum absolute atomic E-state index is 3.38. The molecule has 1 saturated heterocycles. The second-order valence-corrected chi connectivity index (χ2v) is 3.46. The molecule has 0 aromatic heterocycles. The number of nitrogens with zero attached hydrogens (tertiary/aromatic N) is 1. The molecule has 2 heteroatoms. The molecule has 1 fully saturated rings. The lowest BCUT2D eigenvalue weighted by Crippen LogP contribution is -2.33. The van der Waals surface area contributed by atoms with E-state index in [1.165, 1.54) is 19.5 Å². The Bertz CT molecular complexity index is 95.4. The Balaban J connectivity index is 2.32. The molecule has 10 heavy (non-hydrogen) atoms. The van der Waals surface area contributed by atoms with Gasteiger partial charge in [0.2, 0.25) is 0 Å². The van der Waals surface area contributed by atoms with Crippen molar-refractivity contribution in [1.82, 2.24) is 10.2 Å². The average molecular weight is 142 g/mol. The van der Waals surface area contributed by atoms with Gasteiger partial charge in [-0.1, -0.05) is 0 Å². The van der Waals surface area contributed by atoms with Crippen LogP contribution in [0.3, 0.4) is 0 Å². The molecule has 1 aliphatic rings. The van der Waals surface area contributed by atoms with Crippen molar-refractivity contribution in [3.05, 3.63) is 0 Å². The number of hydrogen-bond acceptors (Lipinski definition) is 2. The first kappa shape index (κ1) is 8.02. The van der Waals surface area contributed by atoms with Crippen LogP contribution in [0.25, 0.3) is 0 Å². The van der Waals surface area contributed by atoms with Crippen molar-refractivity contribution in [3.63, 3.8) is 0 Å². The molecule has 0 aliphatic carbocycles. The van der Waals surface area contributed by atoms with Crippen molar-refractivity contribution < 1.29 is 0 Å². The molecule has 0 aromatic carbocycles. The van der Waals surface area contributed by atoms with E-state index in [-0.39, 0.29) is 0 Å². The highest BCUT2D eigenvalue weighted by molar-refractivity contribution is 4.79. The molecule has 2 nitrogen and oxygen atoms in total. The molecule has 0 saturated carbocycles. The fourth-order valence-electron chi connectivity index (χ4n) is 1.51. The molecule has 1 aliphatic heterocycles. The molecular weight excluding hydrogens is 124 g/mol. The fraction of sp³-hybridized carbons (Fsp3) is 1.00. The van der Waals surface area contributed by atoms with Crippen molar-refractivity contribution in [2.45, 2.75) is 19.4 Å². The maximum Gasteiger partial charge on any atom is 0.0102 e. The van der Waals surface area contributed by atoms with Gasteiger partial charge in [0.05, 0.1) is 0 Å². The molecule has 0 spiro atoms. The molecular formula is C8H18N2. The van der Waals surface area contributed by atoms with Crippen molar-refractivity contribution in [1.29, 1.82) is 0 Å². The van der Waals surface area contributed by atoms with Gasteiger partial charge in [0.15, 0.2) is 0 Å². The van der Waals surface area contributed by atoms with Crippen molar-refractivity contribution in [2.75, 3.05) is 27.2 Å². The van der Waals surface area contributed by atoms with Crippen LogP contribution in [0.1, 0.15) is 13.3 Å². The smallest absolute Gasteiger partial charge is 0.0102 e. The molecule has 0 aromatic rings. The van der Waals surface area contributed by atoms with Gasteiger partial charge in [0.25, 0.3) is 0 Å². The number of hydrogen-bond donors (Lipinski definition) is 1. The summed E-state index contributed by atoms with van der Waals surface area (Å²) >= 11 is 0. The van der Waals surface area contributed by atoms with Crippen LogP contribution in [0.15, 0.2) is 0 Å². The van der Waals surface area contributed by atoms with Crippen LogP contribution in [0.4, 0.5) is 0 Å². The highest BCUT2D eigenvalue weighted by atomic mass is 15.1. The zero-order valence-electron chi connectivity index (χ0n) is 7.22. The highest BCUT2D eigenvalue weighted by Crippen LogP contribution is 2.15. The summed E-state index contributed by atoms with van der Waals surface area (Å²) in [6.07, 6.45) is 1.35.